The second-order valence-electron chi connectivity index (χ2n) is 13.3. The molecule has 15 heteroatoms. The van der Waals surface area contributed by atoms with Gasteiger partial charge >= 0.3 is 40.4 Å². The average Bonchev–Trinajstić information content (AvgIpc) is 3.73. The van der Waals surface area contributed by atoms with Gasteiger partial charge < -0.3 is 28.9 Å². The molecule has 5 heterocycles. The predicted octanol–water partition coefficient (Wildman–Crippen LogP) is 4.00. The number of methoxy groups -OCH3 is 4. The van der Waals surface area contributed by atoms with Crippen LogP contribution in [0.2, 0.25) is 0 Å². The van der Waals surface area contributed by atoms with Gasteiger partial charge in [-0.05, 0) is 57.7 Å². The predicted molar refractivity (Wildman–Crippen MR) is 186 cm³/mol. The standard InChI is InChI=1S/C38H41N4O10.Ni/c1-19-21(9-11-31(43)49-5)25-14-26-22(10-12-32(44)50-6)20(2)24(40-26)15-29-37(3,17-33(45)51-7)36(48)28(42-29)16-30-38(4,18-34(46)52-8)35(47)27(41-30)13-23(19)39-25;/h13-16H,9-12,17-18H2,1-8H3,(H-,39,40,41,42,47,48);/q-1;+2/p-1/t37-,38-;/m1./s1. The number of aryl methyl sites for hydroxylation is 2. The molecule has 5 rings (SSSR count). The normalized spacial score (nSPS) is 18.6. The van der Waals surface area contributed by atoms with Crippen LogP contribution in [0.25, 0.3) is 22.2 Å². The Morgan fingerprint density at radius 2 is 1.23 bits per heavy atom. The van der Waals surface area contributed by atoms with Crippen LogP contribution >= 0.6 is 0 Å². The molecule has 282 valence electrons. The monoisotopic (exact) mass is 770 g/mol. The summed E-state index contributed by atoms with van der Waals surface area (Å²) in [6, 6.07) is 6.25. The molecule has 0 saturated carbocycles. The first-order valence-electron chi connectivity index (χ1n) is 16.6. The van der Waals surface area contributed by atoms with Gasteiger partial charge in [0.15, 0.2) is 5.78 Å². The number of hydrogen-bond acceptors (Lipinski definition) is 12. The maximum atomic E-state index is 14.2. The number of fused-ring (bicyclic) bond motifs is 8. The largest absolute Gasteiger partial charge is 2.00 e. The Bertz CT molecular complexity index is 2130. The smallest absolute Gasteiger partial charge is 0.657 e. The van der Waals surface area contributed by atoms with Crippen LogP contribution in [0.15, 0.2) is 24.3 Å². The van der Waals surface area contributed by atoms with Crippen LogP contribution < -0.4 is 9.97 Å². The fourth-order valence-corrected chi connectivity index (χ4v) is 6.63. The Labute approximate surface area is 316 Å². The minimum Gasteiger partial charge on any atom is -0.657 e. The molecule has 3 aliphatic rings. The van der Waals surface area contributed by atoms with Crippen molar-refractivity contribution in [3.05, 3.63) is 69.6 Å². The summed E-state index contributed by atoms with van der Waals surface area (Å²) < 4.78 is 19.6. The van der Waals surface area contributed by atoms with Crippen molar-refractivity contribution in [2.75, 3.05) is 28.4 Å². The Kier molecular flexibility index (Phi) is 12.1. The van der Waals surface area contributed by atoms with E-state index in [-0.39, 0.29) is 77.8 Å². The zero-order valence-corrected chi connectivity index (χ0v) is 31.7. The molecule has 0 amide bonds. The Balaban J connectivity index is 0.00000627. The van der Waals surface area contributed by atoms with Gasteiger partial charge in [0.1, 0.15) is 11.5 Å². The summed E-state index contributed by atoms with van der Waals surface area (Å²) in [5.41, 5.74) is 1.80. The molecule has 0 aliphatic carbocycles. The Morgan fingerprint density at radius 3 is 1.83 bits per heavy atom. The van der Waals surface area contributed by atoms with E-state index in [9.17, 15) is 28.8 Å². The van der Waals surface area contributed by atoms with Gasteiger partial charge in [-0.2, -0.15) is 0 Å². The molecule has 53 heavy (non-hydrogen) atoms. The summed E-state index contributed by atoms with van der Waals surface area (Å²) in [6.07, 6.45) is -0.0805. The molecule has 0 spiro atoms. The van der Waals surface area contributed by atoms with Gasteiger partial charge in [-0.3, -0.25) is 28.8 Å². The van der Waals surface area contributed by atoms with E-state index in [1.54, 1.807) is 26.0 Å². The molecule has 0 radical (unpaired) electrons. The van der Waals surface area contributed by atoms with E-state index >= 15 is 0 Å². The molecule has 3 aliphatic heterocycles. The van der Waals surface area contributed by atoms with Crippen molar-refractivity contribution in [1.29, 1.82) is 0 Å². The summed E-state index contributed by atoms with van der Waals surface area (Å²) in [5, 5.41) is 0. The van der Waals surface area contributed by atoms with Gasteiger partial charge in [-0.25, -0.2) is 9.97 Å². The second kappa shape index (κ2) is 15.8. The number of carbonyl (C=O) groups is 6. The van der Waals surface area contributed by atoms with Gasteiger partial charge in [0.25, 0.3) is 0 Å². The third-order valence-corrected chi connectivity index (χ3v) is 10.0. The first-order valence-corrected chi connectivity index (χ1v) is 16.6. The van der Waals surface area contributed by atoms with Crippen LogP contribution in [0.4, 0.5) is 0 Å². The van der Waals surface area contributed by atoms with Crippen molar-refractivity contribution in [2.24, 2.45) is 0 Å². The molecule has 0 unspecified atom stereocenters. The van der Waals surface area contributed by atoms with Crippen LogP contribution in [0.5, 0.6) is 0 Å². The van der Waals surface area contributed by atoms with Crippen LogP contribution in [0, 0.1) is 6.92 Å². The summed E-state index contributed by atoms with van der Waals surface area (Å²) in [6.45, 7) is 6.76. The molecular formula is C38H40N4NiO10. The van der Waals surface area contributed by atoms with E-state index < -0.39 is 46.3 Å². The van der Waals surface area contributed by atoms with E-state index in [0.29, 0.717) is 44.7 Å². The summed E-state index contributed by atoms with van der Waals surface area (Å²) >= 11 is 0. The number of nitrogens with zero attached hydrogens (tertiary/aromatic N) is 4. The molecule has 0 fully saturated rings. The second-order valence-corrected chi connectivity index (χ2v) is 13.3. The third kappa shape index (κ3) is 7.66. The number of ketones is 2. The van der Waals surface area contributed by atoms with Crippen molar-refractivity contribution < 1.29 is 64.2 Å². The number of carbonyl (C=O) groups excluding carboxylic acids is 6. The van der Waals surface area contributed by atoms with Gasteiger partial charge in [0, 0.05) is 18.3 Å². The van der Waals surface area contributed by atoms with Crippen LogP contribution in [-0.4, -0.2) is 73.9 Å². The van der Waals surface area contributed by atoms with E-state index in [4.69, 9.17) is 28.9 Å². The van der Waals surface area contributed by atoms with Gasteiger partial charge in [0.05, 0.1) is 63.8 Å². The van der Waals surface area contributed by atoms with Gasteiger partial charge in [-0.1, -0.05) is 35.0 Å². The van der Waals surface area contributed by atoms with E-state index in [2.05, 4.69) is 9.97 Å². The minimum atomic E-state index is -1.53. The Morgan fingerprint density at radius 1 is 0.660 bits per heavy atom. The topological polar surface area (TPSA) is 193 Å². The number of rotatable bonds is 10. The fourth-order valence-electron chi connectivity index (χ4n) is 6.63. The number of aromatic nitrogens is 4. The minimum absolute atomic E-state index is 0. The Hall–Kier alpha value is -5.17. The average molecular weight is 771 g/mol. The van der Waals surface area contributed by atoms with Crippen molar-refractivity contribution in [3.8, 4) is 0 Å². The molecule has 14 nitrogen and oxygen atoms in total. The number of Topliss-reactive ketones (excluding diaryl/α,β-unsaturated/α-hetero) is 2. The van der Waals surface area contributed by atoms with Crippen LogP contribution in [0.3, 0.4) is 0 Å². The molecule has 2 atom stereocenters. The number of esters is 4. The van der Waals surface area contributed by atoms with Crippen molar-refractivity contribution in [1.82, 2.24) is 19.9 Å². The molecule has 0 saturated heterocycles. The van der Waals surface area contributed by atoms with E-state index in [0.717, 1.165) is 0 Å². The number of hydrogen-bond donors (Lipinski definition) is 0. The zero-order valence-electron chi connectivity index (χ0n) is 30.7. The van der Waals surface area contributed by atoms with Crippen LogP contribution in [0.1, 0.15) is 108 Å². The fraction of sp³-hybridized carbons (Fsp3) is 0.421. The third-order valence-electron chi connectivity index (χ3n) is 10.0. The molecule has 0 N–H and O–H groups in total. The summed E-state index contributed by atoms with van der Waals surface area (Å²) in [7, 11) is 5.04. The number of allylic oxidation sites excluding steroid dienone is 2. The molecule has 2 aromatic rings. The molecule has 0 aromatic carbocycles. The molecule has 2 aromatic heterocycles. The molecular weight excluding hydrogens is 731 g/mol. The molecule has 8 bridgehead atoms. The maximum absolute atomic E-state index is 14.2. The van der Waals surface area contributed by atoms with Gasteiger partial charge in [0.2, 0.25) is 0 Å². The van der Waals surface area contributed by atoms with Gasteiger partial charge in [-0.15, -0.1) is 16.7 Å². The summed E-state index contributed by atoms with van der Waals surface area (Å²) in [4.78, 5) is 97.2. The first kappa shape index (κ1) is 40.6. The number of ether oxygens (including phenoxy) is 4. The van der Waals surface area contributed by atoms with Crippen molar-refractivity contribution in [3.63, 3.8) is 0 Å². The quantitative estimate of drug-likeness (QED) is 0.191. The zero-order chi connectivity index (χ0) is 38.1. The van der Waals surface area contributed by atoms with E-state index in [1.165, 1.54) is 40.6 Å². The van der Waals surface area contributed by atoms with Crippen LogP contribution in [-0.2, 0) is 71.9 Å². The SMILES string of the molecule is COC(=O)CCC1=C(C)c2cc3[n-]c(cc4nc(cc5[n-]c(cc1n2)c(CCC(=O)OC)c5C)C(=O)[C@]4(C)CC(=O)OC)C(=O)[C@]3(C)CC(=O)OC.[Ni+2]. The summed E-state index contributed by atoms with van der Waals surface area (Å²) in [5.74, 6) is -3.17. The van der Waals surface area contributed by atoms with E-state index in [1.807, 2.05) is 13.8 Å². The maximum Gasteiger partial charge on any atom is 2.00 e. The first-order chi connectivity index (χ1) is 24.6. The van der Waals surface area contributed by atoms with Crippen molar-refractivity contribution in [2.45, 2.75) is 77.0 Å². The van der Waals surface area contributed by atoms with Crippen molar-refractivity contribution >= 4 is 57.6 Å².